The maximum absolute atomic E-state index is 11.4. The lowest BCUT2D eigenvalue weighted by Gasteiger charge is -2.23. The Kier molecular flexibility index (Phi) is 11.3. The third kappa shape index (κ3) is 9.15. The van der Waals surface area contributed by atoms with Crippen LogP contribution in [-0.4, -0.2) is 46.7 Å². The van der Waals surface area contributed by atoms with Crippen molar-refractivity contribution < 1.29 is 19.7 Å². The van der Waals surface area contributed by atoms with Gasteiger partial charge in [0.1, 0.15) is 0 Å². The summed E-state index contributed by atoms with van der Waals surface area (Å²) in [5.41, 5.74) is 0.991. The molecule has 2 rings (SSSR count). The van der Waals surface area contributed by atoms with Gasteiger partial charge in [0.05, 0.1) is 18.8 Å². The van der Waals surface area contributed by atoms with Crippen molar-refractivity contribution in [2.45, 2.75) is 57.8 Å². The number of rotatable bonds is 11. The molecule has 0 aromatic heterocycles. The van der Waals surface area contributed by atoms with Crippen molar-refractivity contribution in [2.75, 3.05) is 13.2 Å². The minimum atomic E-state index is -0.623. The molecule has 31 heavy (non-hydrogen) atoms. The van der Waals surface area contributed by atoms with Crippen LogP contribution in [0.1, 0.15) is 44.6 Å². The Morgan fingerprint density at radius 2 is 2.03 bits per heavy atom. The Balaban J connectivity index is 1.73. The van der Waals surface area contributed by atoms with E-state index >= 15 is 0 Å². The molecule has 1 amide bonds. The Hall–Kier alpha value is -1.67. The minimum absolute atomic E-state index is 0.0717. The van der Waals surface area contributed by atoms with E-state index in [1.165, 1.54) is 0 Å². The Labute approximate surface area is 195 Å². The molecule has 0 radical (unpaired) electrons. The van der Waals surface area contributed by atoms with E-state index in [1.807, 2.05) is 43.3 Å². The predicted molar refractivity (Wildman–Crippen MR) is 127 cm³/mol. The first kappa shape index (κ1) is 25.6. The number of halogens is 1. The molecule has 0 unspecified atom stereocenters. The molecule has 0 saturated heterocycles. The Morgan fingerprint density at radius 1 is 1.26 bits per heavy atom. The minimum Gasteiger partial charge on any atom is -0.471 e. The van der Waals surface area contributed by atoms with E-state index in [-0.39, 0.29) is 29.5 Å². The smallest absolute Gasteiger partial charge is 0.256 e. The maximum atomic E-state index is 11.4. The largest absolute Gasteiger partial charge is 0.471 e. The van der Waals surface area contributed by atoms with Crippen molar-refractivity contribution in [1.29, 1.82) is 0 Å². The van der Waals surface area contributed by atoms with E-state index < -0.39 is 12.2 Å². The number of carbonyl (C=O) groups excluding carboxylic acids is 1. The summed E-state index contributed by atoms with van der Waals surface area (Å²) in [6.45, 7) is 3.30. The molecule has 1 saturated carbocycles. The van der Waals surface area contributed by atoms with Crippen LogP contribution in [-0.2, 0) is 16.1 Å². The average molecular weight is 469 g/mol. The fourth-order valence-corrected chi connectivity index (χ4v) is 4.17. The van der Waals surface area contributed by atoms with E-state index in [9.17, 15) is 15.0 Å². The van der Waals surface area contributed by atoms with Crippen molar-refractivity contribution in [2.24, 2.45) is 11.8 Å². The van der Waals surface area contributed by atoms with E-state index in [0.717, 1.165) is 18.4 Å². The summed E-state index contributed by atoms with van der Waals surface area (Å²) in [5, 5.41) is 27.4. The predicted octanol–water partition coefficient (Wildman–Crippen LogP) is 3.34. The van der Waals surface area contributed by atoms with Gasteiger partial charge in [-0.3, -0.25) is 4.79 Å². The number of aliphatic hydroxyl groups is 2. The highest BCUT2D eigenvalue weighted by atomic mass is 35.5. The van der Waals surface area contributed by atoms with Crippen LogP contribution in [0.2, 0.25) is 5.02 Å². The lowest BCUT2D eigenvalue weighted by molar-refractivity contribution is -0.121. The molecule has 4 atom stereocenters. The summed E-state index contributed by atoms with van der Waals surface area (Å²) in [5.74, 6) is -0.214. The second kappa shape index (κ2) is 13.7. The molecule has 0 spiro atoms. The highest BCUT2D eigenvalue weighted by Gasteiger charge is 2.41. The lowest BCUT2D eigenvalue weighted by atomic mass is 9.91. The first-order valence-corrected chi connectivity index (χ1v) is 11.6. The van der Waals surface area contributed by atoms with Gasteiger partial charge in [-0.25, -0.2) is 0 Å². The number of hydrogen-bond acceptors (Lipinski definition) is 5. The van der Waals surface area contributed by atoms with Crippen molar-refractivity contribution in [3.8, 4) is 0 Å². The van der Waals surface area contributed by atoms with Crippen LogP contribution >= 0.6 is 23.8 Å². The summed E-state index contributed by atoms with van der Waals surface area (Å²) in [6.07, 6.45) is 5.96. The van der Waals surface area contributed by atoms with Crippen LogP contribution in [0.25, 0.3) is 0 Å². The highest BCUT2D eigenvalue weighted by Crippen LogP contribution is 2.35. The van der Waals surface area contributed by atoms with Gasteiger partial charge in [0.15, 0.2) is 0 Å². The van der Waals surface area contributed by atoms with E-state index in [4.69, 9.17) is 28.6 Å². The van der Waals surface area contributed by atoms with Gasteiger partial charge >= 0.3 is 0 Å². The molecular formula is C23H33ClN2O4S. The zero-order valence-corrected chi connectivity index (χ0v) is 19.5. The van der Waals surface area contributed by atoms with Gasteiger partial charge in [-0.2, -0.15) is 0 Å². The number of nitrogens with one attached hydrogen (secondary N) is 2. The molecule has 4 N–H and O–H groups in total. The van der Waals surface area contributed by atoms with Crippen molar-refractivity contribution in [1.82, 2.24) is 10.6 Å². The second-order valence-electron chi connectivity index (χ2n) is 7.83. The van der Waals surface area contributed by atoms with Crippen molar-refractivity contribution in [3.05, 3.63) is 47.0 Å². The standard InChI is InChI=1S/C23H33ClN2O4S/c1-2-25-22(29)11-6-4-3-5-10-18-19(21(28)13-20(18)27)15-30-23(31)26-14-16-8-7-9-17(24)12-16/h3,5,7-9,12,18-21,27-28H,2,4,6,10-11,13-15H2,1H3,(H,25,29)(H,26,31)/b5-3-/t18-,19-,20+,21-/m1/s1. The van der Waals surface area contributed by atoms with Crippen LogP contribution < -0.4 is 10.6 Å². The number of ether oxygens (including phenoxy) is 1. The van der Waals surface area contributed by atoms with Crippen LogP contribution in [0, 0.1) is 11.8 Å². The summed E-state index contributed by atoms with van der Waals surface area (Å²) in [4.78, 5) is 11.4. The number of amides is 1. The molecule has 1 fully saturated rings. The van der Waals surface area contributed by atoms with Gasteiger partial charge in [-0.05, 0) is 68.4 Å². The molecule has 172 valence electrons. The van der Waals surface area contributed by atoms with Crippen LogP contribution in [0.3, 0.4) is 0 Å². The molecule has 8 heteroatoms. The zero-order chi connectivity index (χ0) is 22.6. The van der Waals surface area contributed by atoms with Gasteiger partial charge in [-0.15, -0.1) is 0 Å². The number of carbonyl (C=O) groups is 1. The molecule has 1 aromatic carbocycles. The average Bonchev–Trinajstić information content (AvgIpc) is 3.00. The number of thiocarbonyl (C=S) groups is 1. The molecule has 1 aliphatic carbocycles. The summed E-state index contributed by atoms with van der Waals surface area (Å²) >= 11 is 11.2. The first-order valence-electron chi connectivity index (χ1n) is 10.8. The first-order chi connectivity index (χ1) is 14.9. The van der Waals surface area contributed by atoms with Crippen LogP contribution in [0.4, 0.5) is 0 Å². The SMILES string of the molecule is CCNC(=O)CCC/C=C\C[C@@H]1[C@@H](COC(=S)NCc2cccc(Cl)c2)[C@H](O)C[C@@H]1O. The van der Waals surface area contributed by atoms with Crippen LogP contribution in [0.15, 0.2) is 36.4 Å². The molecule has 1 aromatic rings. The lowest BCUT2D eigenvalue weighted by Crippen LogP contribution is -2.31. The zero-order valence-electron chi connectivity index (χ0n) is 17.9. The highest BCUT2D eigenvalue weighted by molar-refractivity contribution is 7.80. The van der Waals surface area contributed by atoms with E-state index in [2.05, 4.69) is 10.6 Å². The molecule has 6 nitrogen and oxygen atoms in total. The monoisotopic (exact) mass is 468 g/mol. The molecule has 0 bridgehead atoms. The van der Waals surface area contributed by atoms with Gasteiger partial charge in [0.2, 0.25) is 5.91 Å². The molecule has 0 aliphatic heterocycles. The van der Waals surface area contributed by atoms with Gasteiger partial charge in [0.25, 0.3) is 5.17 Å². The summed E-state index contributed by atoms with van der Waals surface area (Å²) < 4.78 is 5.67. The third-order valence-electron chi connectivity index (χ3n) is 5.48. The van der Waals surface area contributed by atoms with Gasteiger partial charge in [0, 0.05) is 30.5 Å². The van der Waals surface area contributed by atoms with Crippen molar-refractivity contribution >= 4 is 34.9 Å². The topological polar surface area (TPSA) is 90.8 Å². The number of unbranched alkanes of at least 4 members (excludes halogenated alkanes) is 1. The van der Waals surface area contributed by atoms with Gasteiger partial charge < -0.3 is 25.6 Å². The summed E-state index contributed by atoms with van der Waals surface area (Å²) in [7, 11) is 0. The molecule has 1 aliphatic rings. The van der Waals surface area contributed by atoms with Crippen LogP contribution in [0.5, 0.6) is 0 Å². The third-order valence-corrected chi connectivity index (χ3v) is 5.97. The fourth-order valence-electron chi connectivity index (χ4n) is 3.82. The normalized spacial score (nSPS) is 23.1. The fraction of sp³-hybridized carbons (Fsp3) is 0.565. The van der Waals surface area contributed by atoms with E-state index in [1.54, 1.807) is 0 Å². The Bertz CT molecular complexity index is 746. The maximum Gasteiger partial charge on any atom is 0.256 e. The number of benzene rings is 1. The van der Waals surface area contributed by atoms with Gasteiger partial charge in [-0.1, -0.05) is 35.9 Å². The second-order valence-corrected chi connectivity index (χ2v) is 8.64. The number of hydrogen-bond donors (Lipinski definition) is 4. The number of aliphatic hydroxyl groups excluding tert-OH is 2. The Morgan fingerprint density at radius 3 is 2.77 bits per heavy atom. The van der Waals surface area contributed by atoms with E-state index in [0.29, 0.717) is 37.4 Å². The quantitative estimate of drug-likeness (QED) is 0.226. The van der Waals surface area contributed by atoms with Crippen molar-refractivity contribution in [3.63, 3.8) is 0 Å². The summed E-state index contributed by atoms with van der Waals surface area (Å²) in [6, 6.07) is 7.48. The molecular weight excluding hydrogens is 436 g/mol. The number of allylic oxidation sites excluding steroid dienone is 2. The molecule has 0 heterocycles.